The van der Waals surface area contributed by atoms with E-state index < -0.39 is 12.2 Å². The summed E-state index contributed by atoms with van der Waals surface area (Å²) in [5, 5.41) is 24.4. The molecule has 4 nitrogen and oxygen atoms in total. The molecule has 0 fully saturated rings. The second-order valence-corrected chi connectivity index (χ2v) is 5.25. The first-order valence-corrected chi connectivity index (χ1v) is 7.20. The van der Waals surface area contributed by atoms with Crippen molar-refractivity contribution in [1.29, 1.82) is 0 Å². The van der Waals surface area contributed by atoms with Gasteiger partial charge < -0.3 is 10.2 Å². The van der Waals surface area contributed by atoms with Crippen LogP contribution in [0.3, 0.4) is 0 Å². The van der Waals surface area contributed by atoms with Gasteiger partial charge in [0.25, 0.3) is 0 Å². The first-order chi connectivity index (χ1) is 9.02. The van der Waals surface area contributed by atoms with Gasteiger partial charge in [0.05, 0.1) is 17.5 Å². The molecule has 102 valence electrons. The van der Waals surface area contributed by atoms with Crippen LogP contribution in [0.1, 0.15) is 23.1 Å². The van der Waals surface area contributed by atoms with Gasteiger partial charge in [-0.15, -0.1) is 0 Å². The molecule has 0 aliphatic carbocycles. The number of rotatable bonds is 4. The van der Waals surface area contributed by atoms with Crippen molar-refractivity contribution in [3.05, 3.63) is 47.3 Å². The minimum Gasteiger partial charge on any atom is -0.389 e. The lowest BCUT2D eigenvalue weighted by Crippen LogP contribution is -2.19. The highest BCUT2D eigenvalue weighted by atomic mass is 79.9. The van der Waals surface area contributed by atoms with Crippen molar-refractivity contribution >= 4 is 15.9 Å². The largest absolute Gasteiger partial charge is 0.389 e. The van der Waals surface area contributed by atoms with Gasteiger partial charge in [-0.1, -0.05) is 28.1 Å². The fourth-order valence-electron chi connectivity index (χ4n) is 2.04. The van der Waals surface area contributed by atoms with Gasteiger partial charge in [-0.3, -0.25) is 0 Å². The number of aryl methyl sites for hydroxylation is 2. The Morgan fingerprint density at radius 3 is 2.58 bits per heavy atom. The number of hydrogen-bond acceptors (Lipinski definition) is 3. The molecule has 0 radical (unpaired) electrons. The zero-order chi connectivity index (χ0) is 14.0. The Morgan fingerprint density at radius 2 is 2.00 bits per heavy atom. The predicted molar refractivity (Wildman–Crippen MR) is 77.8 cm³/mol. The van der Waals surface area contributed by atoms with Crippen LogP contribution in [-0.4, -0.2) is 31.4 Å². The lowest BCUT2D eigenvalue weighted by atomic mass is 10.0. The quantitative estimate of drug-likeness (QED) is 0.848. The fourth-order valence-corrected chi connectivity index (χ4v) is 2.39. The molecule has 5 heteroatoms. The van der Waals surface area contributed by atoms with Crippen LogP contribution in [0, 0.1) is 13.8 Å². The van der Waals surface area contributed by atoms with Crippen molar-refractivity contribution < 1.29 is 10.2 Å². The molecule has 2 N–H and O–H groups in total. The molecular weight excluding hydrogens is 308 g/mol. The van der Waals surface area contributed by atoms with Crippen molar-refractivity contribution in [2.45, 2.75) is 26.1 Å². The number of nitrogens with zero attached hydrogens (tertiary/aromatic N) is 2. The van der Waals surface area contributed by atoms with Crippen LogP contribution in [0.5, 0.6) is 0 Å². The lowest BCUT2D eigenvalue weighted by Gasteiger charge is -2.17. The Balaban J connectivity index is 2.37. The monoisotopic (exact) mass is 324 g/mol. The van der Waals surface area contributed by atoms with Crippen molar-refractivity contribution in [3.8, 4) is 5.69 Å². The summed E-state index contributed by atoms with van der Waals surface area (Å²) in [4.78, 5) is 0. The topological polar surface area (TPSA) is 58.3 Å². The number of aliphatic hydroxyl groups is 2. The highest BCUT2D eigenvalue weighted by Gasteiger charge is 2.17. The highest BCUT2D eigenvalue weighted by Crippen LogP contribution is 2.21. The molecule has 0 bridgehead atoms. The molecular formula is C14H17BrN2O2. The molecule has 0 saturated carbocycles. The third-order valence-corrected chi connectivity index (χ3v) is 3.65. The van der Waals surface area contributed by atoms with Gasteiger partial charge in [0.2, 0.25) is 0 Å². The summed E-state index contributed by atoms with van der Waals surface area (Å²) in [6.45, 7) is 3.92. The number of hydrogen-bond donors (Lipinski definition) is 2. The van der Waals surface area contributed by atoms with E-state index in [2.05, 4.69) is 21.0 Å². The van der Waals surface area contributed by atoms with Crippen molar-refractivity contribution in [2.24, 2.45) is 0 Å². The Labute approximate surface area is 120 Å². The summed E-state index contributed by atoms with van der Waals surface area (Å²) in [6, 6.07) is 9.42. The van der Waals surface area contributed by atoms with Gasteiger partial charge in [-0.25, -0.2) is 4.68 Å². The van der Waals surface area contributed by atoms with Crippen molar-refractivity contribution in [2.75, 3.05) is 5.33 Å². The van der Waals surface area contributed by atoms with Gasteiger partial charge in [-0.2, -0.15) is 5.10 Å². The normalized spacial score (nSPS) is 14.4. The molecule has 2 rings (SSSR count). The second-order valence-electron chi connectivity index (χ2n) is 4.60. The molecule has 1 heterocycles. The van der Waals surface area contributed by atoms with Crippen LogP contribution in [-0.2, 0) is 0 Å². The van der Waals surface area contributed by atoms with Crippen LogP contribution >= 0.6 is 15.9 Å². The predicted octanol–water partition coefficient (Wildman–Crippen LogP) is 2.28. The third-order valence-electron chi connectivity index (χ3n) is 2.99. The van der Waals surface area contributed by atoms with Gasteiger partial charge in [0.15, 0.2) is 0 Å². The zero-order valence-electron chi connectivity index (χ0n) is 10.9. The summed E-state index contributed by atoms with van der Waals surface area (Å²) in [6.07, 6.45) is -1.73. The molecule has 0 aliphatic heterocycles. The maximum atomic E-state index is 10.0. The number of aliphatic hydroxyl groups excluding tert-OH is 2. The molecule has 2 unspecified atom stereocenters. The molecule has 1 aromatic carbocycles. The molecule has 0 spiro atoms. The Morgan fingerprint density at radius 1 is 1.26 bits per heavy atom. The third kappa shape index (κ3) is 3.05. The minimum atomic E-state index is -0.906. The van der Waals surface area contributed by atoms with Crippen molar-refractivity contribution in [3.63, 3.8) is 0 Å². The molecule has 2 aromatic rings. The fraction of sp³-hybridized carbons (Fsp3) is 0.357. The average molecular weight is 325 g/mol. The van der Waals surface area contributed by atoms with E-state index in [1.807, 2.05) is 42.8 Å². The first kappa shape index (κ1) is 14.2. The van der Waals surface area contributed by atoms with Gasteiger partial charge >= 0.3 is 0 Å². The minimum absolute atomic E-state index is 0.332. The summed E-state index contributed by atoms with van der Waals surface area (Å²) >= 11 is 3.16. The first-order valence-electron chi connectivity index (χ1n) is 6.08. The Kier molecular flexibility index (Phi) is 4.39. The van der Waals surface area contributed by atoms with E-state index in [1.165, 1.54) is 0 Å². The second kappa shape index (κ2) is 5.86. The smallest absolute Gasteiger partial charge is 0.106 e. The van der Waals surface area contributed by atoms with Gasteiger partial charge in [-0.05, 0) is 37.6 Å². The molecule has 0 saturated heterocycles. The number of halogens is 1. The van der Waals surface area contributed by atoms with Gasteiger partial charge in [0.1, 0.15) is 6.10 Å². The average Bonchev–Trinajstić information content (AvgIpc) is 2.76. The van der Waals surface area contributed by atoms with E-state index in [0.29, 0.717) is 10.9 Å². The van der Waals surface area contributed by atoms with E-state index in [9.17, 15) is 10.2 Å². The van der Waals surface area contributed by atoms with Crippen LogP contribution in [0.2, 0.25) is 0 Å². The van der Waals surface area contributed by atoms with Crippen LogP contribution < -0.4 is 0 Å². The number of alkyl halides is 1. The van der Waals surface area contributed by atoms with E-state index in [1.54, 1.807) is 6.07 Å². The van der Waals surface area contributed by atoms with Crippen molar-refractivity contribution in [1.82, 2.24) is 9.78 Å². The Hall–Kier alpha value is -1.17. The summed E-state index contributed by atoms with van der Waals surface area (Å²) in [5.74, 6) is 0. The van der Waals surface area contributed by atoms with Crippen LogP contribution in [0.4, 0.5) is 0 Å². The highest BCUT2D eigenvalue weighted by molar-refractivity contribution is 9.09. The summed E-state index contributed by atoms with van der Waals surface area (Å²) in [5.41, 5.74) is 3.54. The summed E-state index contributed by atoms with van der Waals surface area (Å²) in [7, 11) is 0. The molecule has 1 aromatic heterocycles. The Bertz CT molecular complexity index is 568. The molecule has 0 aliphatic rings. The van der Waals surface area contributed by atoms with E-state index >= 15 is 0 Å². The van der Waals surface area contributed by atoms with E-state index in [-0.39, 0.29) is 0 Å². The van der Waals surface area contributed by atoms with Gasteiger partial charge in [0, 0.05) is 11.0 Å². The van der Waals surface area contributed by atoms with Crippen LogP contribution in [0.25, 0.3) is 5.69 Å². The molecule has 0 amide bonds. The van der Waals surface area contributed by atoms with E-state index in [4.69, 9.17) is 0 Å². The number of benzene rings is 1. The molecule has 2 atom stereocenters. The standard InChI is InChI=1S/C14H17BrN2O2/c1-9-6-10(2)17(16-9)12-5-3-4-11(7-12)14(19)13(18)8-15/h3-7,13-14,18-19H,8H2,1-2H3. The maximum absolute atomic E-state index is 10.0. The molecule has 19 heavy (non-hydrogen) atoms. The van der Waals surface area contributed by atoms with Crippen LogP contribution in [0.15, 0.2) is 30.3 Å². The lowest BCUT2D eigenvalue weighted by molar-refractivity contribution is 0.0343. The summed E-state index contributed by atoms with van der Waals surface area (Å²) < 4.78 is 1.83. The SMILES string of the molecule is Cc1cc(C)n(-c2cccc(C(O)C(O)CBr)c2)n1. The maximum Gasteiger partial charge on any atom is 0.106 e. The zero-order valence-corrected chi connectivity index (χ0v) is 12.5. The van der Waals surface area contributed by atoms with E-state index in [0.717, 1.165) is 17.1 Å². The number of aromatic nitrogens is 2.